The number of benzene rings is 2. The number of hydrogen-bond donors (Lipinski definition) is 1. The van der Waals surface area contributed by atoms with Crippen LogP contribution < -0.4 is 10.1 Å². The Morgan fingerprint density at radius 1 is 1.22 bits per heavy atom. The molecular formula is C16H14ClF2NO2S. The van der Waals surface area contributed by atoms with Gasteiger partial charge in [-0.25, -0.2) is 0 Å². The average Bonchev–Trinajstić information content (AvgIpc) is 2.49. The Bertz CT molecular complexity index is 670. The third-order valence-electron chi connectivity index (χ3n) is 2.77. The molecule has 122 valence electrons. The molecule has 0 spiro atoms. The van der Waals surface area contributed by atoms with Crippen molar-refractivity contribution >= 4 is 35.0 Å². The molecule has 2 rings (SSSR count). The van der Waals surface area contributed by atoms with Crippen molar-refractivity contribution < 1.29 is 18.3 Å². The predicted octanol–water partition coefficient (Wildman–Crippen LogP) is 4.81. The lowest BCUT2D eigenvalue weighted by Crippen LogP contribution is -2.15. The van der Waals surface area contributed by atoms with E-state index in [0.717, 1.165) is 5.56 Å². The van der Waals surface area contributed by atoms with Gasteiger partial charge in [-0.05, 0) is 29.8 Å². The maximum atomic E-state index is 12.3. The molecule has 0 atom stereocenters. The molecule has 7 heteroatoms. The summed E-state index contributed by atoms with van der Waals surface area (Å²) in [4.78, 5) is 11.9. The normalized spacial score (nSPS) is 10.6. The molecule has 3 nitrogen and oxygen atoms in total. The SMILES string of the molecule is O=C(CSCc1cccc(Cl)c1)Nc1ccccc1OC(F)F. The molecule has 0 aromatic heterocycles. The number of thioether (sulfide) groups is 1. The van der Waals surface area contributed by atoms with Crippen LogP contribution in [0.1, 0.15) is 5.56 Å². The summed E-state index contributed by atoms with van der Waals surface area (Å²) in [6.45, 7) is -2.94. The number of hydrogen-bond acceptors (Lipinski definition) is 3. The number of amides is 1. The van der Waals surface area contributed by atoms with E-state index in [1.807, 2.05) is 18.2 Å². The van der Waals surface area contributed by atoms with Gasteiger partial charge in [0.25, 0.3) is 0 Å². The molecular weight excluding hydrogens is 344 g/mol. The largest absolute Gasteiger partial charge is 0.433 e. The zero-order valence-electron chi connectivity index (χ0n) is 12.0. The van der Waals surface area contributed by atoms with E-state index in [-0.39, 0.29) is 23.1 Å². The van der Waals surface area contributed by atoms with Crippen LogP contribution >= 0.6 is 23.4 Å². The van der Waals surface area contributed by atoms with Gasteiger partial charge in [-0.2, -0.15) is 8.78 Å². The lowest BCUT2D eigenvalue weighted by atomic mass is 10.2. The highest BCUT2D eigenvalue weighted by Crippen LogP contribution is 2.25. The van der Waals surface area contributed by atoms with Gasteiger partial charge in [0.2, 0.25) is 5.91 Å². The molecule has 0 heterocycles. The van der Waals surface area contributed by atoms with Crippen LogP contribution in [0.3, 0.4) is 0 Å². The quantitative estimate of drug-likeness (QED) is 0.772. The van der Waals surface area contributed by atoms with E-state index in [1.54, 1.807) is 18.2 Å². The summed E-state index contributed by atoms with van der Waals surface area (Å²) in [5.74, 6) is 0.469. The van der Waals surface area contributed by atoms with Gasteiger partial charge >= 0.3 is 6.61 Å². The number of carbonyl (C=O) groups excluding carboxylic acids is 1. The van der Waals surface area contributed by atoms with E-state index in [4.69, 9.17) is 11.6 Å². The lowest BCUT2D eigenvalue weighted by molar-refractivity contribution is -0.113. The molecule has 0 radical (unpaired) electrons. The van der Waals surface area contributed by atoms with Crippen molar-refractivity contribution in [3.63, 3.8) is 0 Å². The Kier molecular flexibility index (Phi) is 6.67. The third-order valence-corrected chi connectivity index (χ3v) is 4.01. The minimum atomic E-state index is -2.94. The van der Waals surface area contributed by atoms with Crippen LogP contribution in [0.2, 0.25) is 5.02 Å². The number of alkyl halides is 2. The van der Waals surface area contributed by atoms with Crippen LogP contribution in [0, 0.1) is 0 Å². The molecule has 0 fully saturated rings. The summed E-state index contributed by atoms with van der Waals surface area (Å²) in [5.41, 5.74) is 1.23. The first-order valence-electron chi connectivity index (χ1n) is 6.70. The van der Waals surface area contributed by atoms with Gasteiger partial charge in [0.05, 0.1) is 11.4 Å². The van der Waals surface area contributed by atoms with Crippen molar-refractivity contribution in [3.8, 4) is 5.75 Å². The van der Waals surface area contributed by atoms with Crippen LogP contribution in [0.5, 0.6) is 5.75 Å². The summed E-state index contributed by atoms with van der Waals surface area (Å²) in [6.07, 6.45) is 0. The monoisotopic (exact) mass is 357 g/mol. The van der Waals surface area contributed by atoms with Crippen molar-refractivity contribution in [1.29, 1.82) is 0 Å². The van der Waals surface area contributed by atoms with Crippen LogP contribution in [0.15, 0.2) is 48.5 Å². The molecule has 1 amide bonds. The Balaban J connectivity index is 1.85. The fourth-order valence-electron chi connectivity index (χ4n) is 1.84. The van der Waals surface area contributed by atoms with E-state index < -0.39 is 6.61 Å². The highest BCUT2D eigenvalue weighted by Gasteiger charge is 2.11. The summed E-state index contributed by atoms with van der Waals surface area (Å²) in [7, 11) is 0. The molecule has 23 heavy (non-hydrogen) atoms. The highest BCUT2D eigenvalue weighted by atomic mass is 35.5. The minimum absolute atomic E-state index is 0.0595. The molecule has 0 aliphatic carbocycles. The topological polar surface area (TPSA) is 38.3 Å². The molecule has 0 saturated heterocycles. The van der Waals surface area contributed by atoms with Crippen LogP contribution in [-0.4, -0.2) is 18.3 Å². The van der Waals surface area contributed by atoms with E-state index in [9.17, 15) is 13.6 Å². The molecule has 0 saturated carbocycles. The standard InChI is InChI=1S/C16H14ClF2NO2S/c17-12-5-3-4-11(8-12)9-23-10-15(21)20-13-6-1-2-7-14(13)22-16(18)19/h1-8,16H,9-10H2,(H,20,21). The molecule has 2 aromatic carbocycles. The number of para-hydroxylation sites is 2. The summed E-state index contributed by atoms with van der Waals surface area (Å²) in [6, 6.07) is 13.5. The number of anilines is 1. The third kappa shape index (κ3) is 6.08. The van der Waals surface area contributed by atoms with Crippen molar-refractivity contribution in [2.75, 3.05) is 11.1 Å². The first-order valence-corrected chi connectivity index (χ1v) is 8.24. The summed E-state index contributed by atoms with van der Waals surface area (Å²) >= 11 is 7.29. The zero-order chi connectivity index (χ0) is 16.7. The second-order valence-corrected chi connectivity index (χ2v) is 5.97. The molecule has 2 aromatic rings. The fourth-order valence-corrected chi connectivity index (χ4v) is 2.83. The van der Waals surface area contributed by atoms with Crippen molar-refractivity contribution in [3.05, 3.63) is 59.1 Å². The molecule has 0 aliphatic heterocycles. The second kappa shape index (κ2) is 8.74. The number of rotatable bonds is 7. The molecule has 1 N–H and O–H groups in total. The first kappa shape index (κ1) is 17.6. The number of halogens is 3. The van der Waals surface area contributed by atoms with Crippen LogP contribution in [0.4, 0.5) is 14.5 Å². The number of nitrogens with one attached hydrogen (secondary N) is 1. The van der Waals surface area contributed by atoms with E-state index >= 15 is 0 Å². The van der Waals surface area contributed by atoms with E-state index in [1.165, 1.54) is 23.9 Å². The van der Waals surface area contributed by atoms with Gasteiger partial charge in [0, 0.05) is 10.8 Å². The smallest absolute Gasteiger partial charge is 0.387 e. The van der Waals surface area contributed by atoms with Crippen molar-refractivity contribution in [2.24, 2.45) is 0 Å². The second-order valence-electron chi connectivity index (χ2n) is 4.55. The Labute approximate surface area is 142 Å². The van der Waals surface area contributed by atoms with Crippen LogP contribution in [0.25, 0.3) is 0 Å². The highest BCUT2D eigenvalue weighted by molar-refractivity contribution is 7.99. The van der Waals surface area contributed by atoms with Crippen molar-refractivity contribution in [2.45, 2.75) is 12.4 Å². The van der Waals surface area contributed by atoms with Gasteiger partial charge in [0.1, 0.15) is 5.75 Å². The van der Waals surface area contributed by atoms with Gasteiger partial charge in [-0.15, -0.1) is 11.8 Å². The molecule has 0 unspecified atom stereocenters. The number of carbonyl (C=O) groups is 1. The lowest BCUT2D eigenvalue weighted by Gasteiger charge is -2.11. The molecule has 0 aliphatic rings. The van der Waals surface area contributed by atoms with E-state index in [2.05, 4.69) is 10.1 Å². The maximum Gasteiger partial charge on any atom is 0.387 e. The Hall–Kier alpha value is -1.79. The fraction of sp³-hybridized carbons (Fsp3) is 0.188. The van der Waals surface area contributed by atoms with Gasteiger partial charge in [-0.1, -0.05) is 35.9 Å². The Morgan fingerprint density at radius 3 is 2.74 bits per heavy atom. The van der Waals surface area contributed by atoms with Gasteiger partial charge in [-0.3, -0.25) is 4.79 Å². The number of ether oxygens (including phenoxy) is 1. The summed E-state index contributed by atoms with van der Waals surface area (Å²) < 4.78 is 29.0. The molecule has 0 bridgehead atoms. The first-order chi connectivity index (χ1) is 11.0. The van der Waals surface area contributed by atoms with E-state index in [0.29, 0.717) is 10.8 Å². The van der Waals surface area contributed by atoms with Gasteiger partial charge < -0.3 is 10.1 Å². The predicted molar refractivity (Wildman–Crippen MR) is 89.3 cm³/mol. The maximum absolute atomic E-state index is 12.3. The average molecular weight is 358 g/mol. The van der Waals surface area contributed by atoms with Crippen LogP contribution in [-0.2, 0) is 10.5 Å². The van der Waals surface area contributed by atoms with Crippen molar-refractivity contribution in [1.82, 2.24) is 0 Å². The zero-order valence-corrected chi connectivity index (χ0v) is 13.5. The van der Waals surface area contributed by atoms with Gasteiger partial charge in [0.15, 0.2) is 0 Å². The Morgan fingerprint density at radius 2 is 2.00 bits per heavy atom. The minimum Gasteiger partial charge on any atom is -0.433 e. The summed E-state index contributed by atoms with van der Waals surface area (Å²) in [5, 5.41) is 3.21.